The van der Waals surface area contributed by atoms with Crippen LogP contribution < -0.4 is 27.4 Å². The summed E-state index contributed by atoms with van der Waals surface area (Å²) in [7, 11) is 0. The summed E-state index contributed by atoms with van der Waals surface area (Å²) in [4.78, 5) is 59.8. The summed E-state index contributed by atoms with van der Waals surface area (Å²) in [6.07, 6.45) is 0.172. The summed E-state index contributed by atoms with van der Waals surface area (Å²) >= 11 is 0. The highest BCUT2D eigenvalue weighted by Gasteiger charge is 2.27. The van der Waals surface area contributed by atoms with Crippen molar-refractivity contribution in [3.8, 4) is 5.75 Å². The normalized spacial score (nSPS) is 14.2. The second kappa shape index (κ2) is 13.8. The van der Waals surface area contributed by atoms with Crippen molar-refractivity contribution in [3.05, 3.63) is 29.8 Å². The van der Waals surface area contributed by atoms with Crippen LogP contribution in [-0.4, -0.2) is 64.5 Å². The zero-order valence-electron chi connectivity index (χ0n) is 19.2. The predicted octanol–water partition coefficient (Wildman–Crippen LogP) is -1.26. The maximum Gasteiger partial charge on any atom is 0.326 e. The molecule has 188 valence electrons. The summed E-state index contributed by atoms with van der Waals surface area (Å²) in [6.45, 7) is 3.25. The fourth-order valence-electron chi connectivity index (χ4n) is 2.94. The third kappa shape index (κ3) is 9.86. The Morgan fingerprint density at radius 2 is 1.62 bits per heavy atom. The fraction of sp³-hybridized carbons (Fsp3) is 0.500. The van der Waals surface area contributed by atoms with E-state index in [4.69, 9.17) is 11.5 Å². The minimum absolute atomic E-state index is 0.00605. The van der Waals surface area contributed by atoms with Gasteiger partial charge in [0, 0.05) is 12.8 Å². The molecule has 9 N–H and O–H groups in total. The van der Waals surface area contributed by atoms with Crippen LogP contribution in [0.4, 0.5) is 0 Å². The Labute approximate surface area is 197 Å². The lowest BCUT2D eigenvalue weighted by molar-refractivity contribution is -0.142. The summed E-state index contributed by atoms with van der Waals surface area (Å²) < 4.78 is 0. The molecule has 4 atom stereocenters. The van der Waals surface area contributed by atoms with E-state index >= 15 is 0 Å². The van der Waals surface area contributed by atoms with Gasteiger partial charge in [-0.25, -0.2) is 4.79 Å². The van der Waals surface area contributed by atoms with Crippen LogP contribution in [0.2, 0.25) is 0 Å². The van der Waals surface area contributed by atoms with Crippen LogP contribution in [0.3, 0.4) is 0 Å². The molecule has 12 nitrogen and oxygen atoms in total. The molecule has 4 amide bonds. The van der Waals surface area contributed by atoms with Crippen LogP contribution in [0.1, 0.15) is 38.7 Å². The van der Waals surface area contributed by atoms with E-state index in [1.165, 1.54) is 24.3 Å². The van der Waals surface area contributed by atoms with Gasteiger partial charge in [-0.1, -0.05) is 32.4 Å². The van der Waals surface area contributed by atoms with Crippen LogP contribution >= 0.6 is 0 Å². The van der Waals surface area contributed by atoms with Gasteiger partial charge in [0.1, 0.15) is 17.8 Å². The van der Waals surface area contributed by atoms with Gasteiger partial charge in [-0.3, -0.25) is 19.2 Å². The van der Waals surface area contributed by atoms with E-state index in [2.05, 4.69) is 16.0 Å². The third-order valence-electron chi connectivity index (χ3n) is 5.30. The molecule has 0 bridgehead atoms. The van der Waals surface area contributed by atoms with Gasteiger partial charge in [-0.15, -0.1) is 0 Å². The molecule has 0 aliphatic rings. The summed E-state index contributed by atoms with van der Waals surface area (Å²) in [6, 6.07) is 2.48. The average molecular weight is 480 g/mol. The molecule has 0 radical (unpaired) electrons. The van der Waals surface area contributed by atoms with E-state index in [-0.39, 0.29) is 30.9 Å². The number of nitrogens with one attached hydrogen (secondary N) is 3. The van der Waals surface area contributed by atoms with E-state index in [0.29, 0.717) is 12.0 Å². The Kier molecular flexibility index (Phi) is 11.5. The molecule has 1 rings (SSSR count). The highest BCUT2D eigenvalue weighted by atomic mass is 16.4. The molecule has 0 heterocycles. The minimum atomic E-state index is -1.40. The number of primary amides is 1. The first-order valence-electron chi connectivity index (χ1n) is 10.9. The zero-order valence-corrected chi connectivity index (χ0v) is 19.2. The molecule has 0 aromatic heterocycles. The number of rotatable bonds is 14. The number of aromatic hydroxyl groups is 1. The van der Waals surface area contributed by atoms with Crippen molar-refractivity contribution >= 4 is 29.6 Å². The molecular formula is C22H33N5O7. The molecule has 0 aliphatic carbocycles. The van der Waals surface area contributed by atoms with Crippen molar-refractivity contribution in [2.24, 2.45) is 17.4 Å². The lowest BCUT2D eigenvalue weighted by atomic mass is 9.99. The van der Waals surface area contributed by atoms with Gasteiger partial charge in [-0.05, 0) is 30.0 Å². The molecule has 1 aromatic rings. The molecule has 0 saturated heterocycles. The molecule has 1 aromatic carbocycles. The topological polar surface area (TPSA) is 214 Å². The molecule has 0 aliphatic heterocycles. The van der Waals surface area contributed by atoms with E-state index in [1.807, 2.05) is 6.92 Å². The van der Waals surface area contributed by atoms with Gasteiger partial charge in [0.15, 0.2) is 0 Å². The number of hydrogen-bond acceptors (Lipinski definition) is 7. The number of amides is 4. The van der Waals surface area contributed by atoms with Gasteiger partial charge in [0.25, 0.3) is 0 Å². The quantitative estimate of drug-likeness (QED) is 0.171. The number of benzene rings is 1. The average Bonchev–Trinajstić information content (AvgIpc) is 2.79. The minimum Gasteiger partial charge on any atom is -0.508 e. The van der Waals surface area contributed by atoms with Crippen LogP contribution in [0.15, 0.2) is 24.3 Å². The number of carboxylic acids is 1. The standard InChI is InChI=1S/C22H33N5O7/c1-3-12(2)19(24)21(32)25-11-18(30)26-16(10-13-4-6-14(28)7-5-13)20(31)27-15(22(33)34)8-9-17(23)29/h4-7,12,15-16,19,28H,3,8-11,24H2,1-2H3,(H2,23,29)(H,25,32)(H,26,30)(H,27,31)(H,33,34). The maximum atomic E-state index is 12.8. The van der Waals surface area contributed by atoms with Crippen molar-refractivity contribution < 1.29 is 34.2 Å². The number of hydrogen-bond donors (Lipinski definition) is 7. The van der Waals surface area contributed by atoms with E-state index in [1.54, 1.807) is 6.92 Å². The summed E-state index contributed by atoms with van der Waals surface area (Å²) in [5, 5.41) is 26.0. The number of carboxylic acid groups (broad SMARTS) is 1. The number of carbonyl (C=O) groups excluding carboxylic acids is 4. The lowest BCUT2D eigenvalue weighted by Crippen LogP contribution is -2.54. The van der Waals surface area contributed by atoms with E-state index in [0.717, 1.165) is 0 Å². The Morgan fingerprint density at radius 1 is 1.00 bits per heavy atom. The van der Waals surface area contributed by atoms with Gasteiger partial charge in [-0.2, -0.15) is 0 Å². The number of nitrogens with two attached hydrogens (primary N) is 2. The third-order valence-corrected chi connectivity index (χ3v) is 5.30. The lowest BCUT2D eigenvalue weighted by Gasteiger charge is -2.22. The molecule has 12 heteroatoms. The van der Waals surface area contributed by atoms with Crippen molar-refractivity contribution in [2.75, 3.05) is 6.54 Å². The fourth-order valence-corrected chi connectivity index (χ4v) is 2.94. The first kappa shape index (κ1) is 28.4. The van der Waals surface area contributed by atoms with Crippen LogP contribution in [0.5, 0.6) is 5.75 Å². The van der Waals surface area contributed by atoms with E-state index in [9.17, 15) is 34.2 Å². The van der Waals surface area contributed by atoms with Crippen LogP contribution in [0, 0.1) is 5.92 Å². The molecule has 0 spiro atoms. The second-order valence-corrected chi connectivity index (χ2v) is 8.02. The van der Waals surface area contributed by atoms with Crippen LogP contribution in [-0.2, 0) is 30.4 Å². The Morgan fingerprint density at radius 3 is 2.15 bits per heavy atom. The largest absolute Gasteiger partial charge is 0.508 e. The van der Waals surface area contributed by atoms with Gasteiger partial charge in [0.2, 0.25) is 23.6 Å². The number of phenolic OH excluding ortho intramolecular Hbond substituents is 1. The summed E-state index contributed by atoms with van der Waals surface area (Å²) in [5.41, 5.74) is 11.5. The second-order valence-electron chi connectivity index (χ2n) is 8.02. The molecule has 4 unspecified atom stereocenters. The number of carbonyl (C=O) groups is 5. The maximum absolute atomic E-state index is 12.8. The van der Waals surface area contributed by atoms with Crippen molar-refractivity contribution in [2.45, 2.75) is 57.7 Å². The number of phenols is 1. The Hall–Kier alpha value is -3.67. The molecule has 0 saturated carbocycles. The zero-order chi connectivity index (χ0) is 25.8. The molecular weight excluding hydrogens is 446 g/mol. The SMILES string of the molecule is CCC(C)C(N)C(=O)NCC(=O)NC(Cc1ccc(O)cc1)C(=O)NC(CCC(N)=O)C(=O)O. The van der Waals surface area contributed by atoms with Gasteiger partial charge >= 0.3 is 5.97 Å². The summed E-state index contributed by atoms with van der Waals surface area (Å²) in [5.74, 6) is -4.18. The van der Waals surface area contributed by atoms with Crippen molar-refractivity contribution in [1.29, 1.82) is 0 Å². The van der Waals surface area contributed by atoms with Gasteiger partial charge < -0.3 is 37.6 Å². The number of aliphatic carboxylic acids is 1. The smallest absolute Gasteiger partial charge is 0.326 e. The predicted molar refractivity (Wildman–Crippen MR) is 122 cm³/mol. The highest BCUT2D eigenvalue weighted by Crippen LogP contribution is 2.12. The highest BCUT2D eigenvalue weighted by molar-refractivity contribution is 5.92. The van der Waals surface area contributed by atoms with Gasteiger partial charge in [0.05, 0.1) is 12.6 Å². The van der Waals surface area contributed by atoms with E-state index < -0.39 is 54.3 Å². The van der Waals surface area contributed by atoms with Crippen molar-refractivity contribution in [1.82, 2.24) is 16.0 Å². The molecule has 34 heavy (non-hydrogen) atoms. The molecule has 0 fully saturated rings. The van der Waals surface area contributed by atoms with Crippen LogP contribution in [0.25, 0.3) is 0 Å². The Balaban J connectivity index is 2.90. The van der Waals surface area contributed by atoms with Crippen molar-refractivity contribution in [3.63, 3.8) is 0 Å². The Bertz CT molecular complexity index is 875. The first-order chi connectivity index (χ1) is 15.9. The monoisotopic (exact) mass is 479 g/mol. The first-order valence-corrected chi connectivity index (χ1v) is 10.9.